The molecule has 3 heterocycles. The Labute approximate surface area is 156 Å². The van der Waals surface area contributed by atoms with Crippen molar-refractivity contribution in [1.29, 1.82) is 0 Å². The molecular formula is C18H22N6O3. The Morgan fingerprint density at radius 3 is 2.81 bits per heavy atom. The Hall–Kier alpha value is -2.97. The van der Waals surface area contributed by atoms with Crippen LogP contribution in [0.2, 0.25) is 0 Å². The number of aromatic carboxylic acids is 1. The summed E-state index contributed by atoms with van der Waals surface area (Å²) in [5.74, 6) is -0.274. The molecule has 4 rings (SSSR count). The molecule has 9 heteroatoms. The summed E-state index contributed by atoms with van der Waals surface area (Å²) >= 11 is 0. The second kappa shape index (κ2) is 7.34. The molecule has 1 aliphatic heterocycles. The van der Waals surface area contributed by atoms with E-state index in [1.807, 2.05) is 15.6 Å². The van der Waals surface area contributed by atoms with Gasteiger partial charge in [-0.3, -0.25) is 14.5 Å². The number of fused-ring (bicyclic) bond motifs is 1. The molecule has 142 valence electrons. The van der Waals surface area contributed by atoms with E-state index < -0.39 is 5.97 Å². The standard InChI is InChI=1S/C18H22N6O3/c25-17(12-3-1-2-4-12)20-8-13-7-14-11-23(5-6-24(14)22-13)16-10-19-9-15(21-16)18(26)27/h7,9-10,12H,1-6,8,11H2,(H,20,25)(H,26,27). The molecule has 0 bridgehead atoms. The molecule has 0 radical (unpaired) electrons. The molecule has 27 heavy (non-hydrogen) atoms. The third-order valence-electron chi connectivity index (χ3n) is 5.18. The first-order chi connectivity index (χ1) is 13.1. The lowest BCUT2D eigenvalue weighted by Gasteiger charge is -2.28. The van der Waals surface area contributed by atoms with Crippen LogP contribution in [0, 0.1) is 5.92 Å². The number of nitrogens with zero attached hydrogens (tertiary/aromatic N) is 5. The minimum absolute atomic E-state index is 0.0677. The molecule has 1 aliphatic carbocycles. The van der Waals surface area contributed by atoms with Crippen molar-refractivity contribution in [3.63, 3.8) is 0 Å². The van der Waals surface area contributed by atoms with Gasteiger partial charge in [0.15, 0.2) is 5.69 Å². The fraction of sp³-hybridized carbons (Fsp3) is 0.500. The van der Waals surface area contributed by atoms with Crippen molar-refractivity contribution in [2.75, 3.05) is 11.4 Å². The highest BCUT2D eigenvalue weighted by Gasteiger charge is 2.24. The van der Waals surface area contributed by atoms with Gasteiger partial charge in [0.1, 0.15) is 5.82 Å². The van der Waals surface area contributed by atoms with E-state index in [-0.39, 0.29) is 17.5 Å². The first-order valence-electron chi connectivity index (χ1n) is 9.24. The van der Waals surface area contributed by atoms with Crippen LogP contribution in [-0.2, 0) is 24.4 Å². The molecule has 0 aromatic carbocycles. The monoisotopic (exact) mass is 370 g/mol. The van der Waals surface area contributed by atoms with Gasteiger partial charge in [0.25, 0.3) is 0 Å². The highest BCUT2D eigenvalue weighted by Crippen LogP contribution is 2.25. The minimum Gasteiger partial charge on any atom is -0.476 e. The predicted octanol–water partition coefficient (Wildman–Crippen LogP) is 1.20. The summed E-state index contributed by atoms with van der Waals surface area (Å²) in [5.41, 5.74) is 1.78. The average molecular weight is 370 g/mol. The maximum atomic E-state index is 12.2. The molecule has 2 aromatic rings. The van der Waals surface area contributed by atoms with Crippen LogP contribution in [0.1, 0.15) is 47.6 Å². The van der Waals surface area contributed by atoms with Crippen molar-refractivity contribution < 1.29 is 14.7 Å². The normalized spacial score (nSPS) is 17.0. The molecule has 0 atom stereocenters. The first kappa shape index (κ1) is 17.4. The molecule has 0 unspecified atom stereocenters. The smallest absolute Gasteiger partial charge is 0.356 e. The van der Waals surface area contributed by atoms with Crippen LogP contribution >= 0.6 is 0 Å². The topological polar surface area (TPSA) is 113 Å². The van der Waals surface area contributed by atoms with E-state index in [2.05, 4.69) is 20.4 Å². The number of carboxylic acid groups (broad SMARTS) is 1. The van der Waals surface area contributed by atoms with E-state index in [0.29, 0.717) is 32.0 Å². The van der Waals surface area contributed by atoms with Crippen molar-refractivity contribution >= 4 is 17.7 Å². The Bertz CT molecular complexity index is 859. The van der Waals surface area contributed by atoms with Gasteiger partial charge in [-0.2, -0.15) is 5.10 Å². The van der Waals surface area contributed by atoms with Crippen LogP contribution in [0.5, 0.6) is 0 Å². The van der Waals surface area contributed by atoms with Gasteiger partial charge in [-0.25, -0.2) is 9.78 Å². The number of aromatic nitrogens is 4. The zero-order valence-corrected chi connectivity index (χ0v) is 15.0. The quantitative estimate of drug-likeness (QED) is 0.813. The number of amides is 1. The van der Waals surface area contributed by atoms with Crippen LogP contribution in [0.15, 0.2) is 18.5 Å². The molecule has 0 saturated heterocycles. The summed E-state index contributed by atoms with van der Waals surface area (Å²) in [4.78, 5) is 33.4. The van der Waals surface area contributed by atoms with Gasteiger partial charge in [0, 0.05) is 12.5 Å². The molecule has 0 spiro atoms. The van der Waals surface area contributed by atoms with Crippen molar-refractivity contribution in [3.8, 4) is 0 Å². The SMILES string of the molecule is O=C(O)c1cncc(N2CCn3nc(CNC(=O)C4CCCC4)cc3C2)n1. The fourth-order valence-electron chi connectivity index (χ4n) is 3.73. The Morgan fingerprint density at radius 1 is 1.22 bits per heavy atom. The number of anilines is 1. The van der Waals surface area contributed by atoms with Gasteiger partial charge in [-0.05, 0) is 18.9 Å². The van der Waals surface area contributed by atoms with E-state index >= 15 is 0 Å². The number of carbonyl (C=O) groups excluding carboxylic acids is 1. The molecule has 9 nitrogen and oxygen atoms in total. The van der Waals surface area contributed by atoms with Gasteiger partial charge in [-0.1, -0.05) is 12.8 Å². The minimum atomic E-state index is -1.09. The number of nitrogens with one attached hydrogen (secondary N) is 1. The molecule has 2 aliphatic rings. The predicted molar refractivity (Wildman–Crippen MR) is 96.1 cm³/mol. The van der Waals surface area contributed by atoms with E-state index in [4.69, 9.17) is 5.11 Å². The van der Waals surface area contributed by atoms with Crippen molar-refractivity contribution in [1.82, 2.24) is 25.1 Å². The third-order valence-corrected chi connectivity index (χ3v) is 5.18. The Morgan fingerprint density at radius 2 is 2.04 bits per heavy atom. The lowest BCUT2D eigenvalue weighted by molar-refractivity contribution is -0.125. The molecule has 1 saturated carbocycles. The van der Waals surface area contributed by atoms with Gasteiger partial charge >= 0.3 is 5.97 Å². The number of carbonyl (C=O) groups is 2. The van der Waals surface area contributed by atoms with E-state index in [0.717, 1.165) is 37.1 Å². The highest BCUT2D eigenvalue weighted by molar-refractivity contribution is 5.85. The van der Waals surface area contributed by atoms with Crippen molar-refractivity contribution in [2.45, 2.75) is 45.3 Å². The lowest BCUT2D eigenvalue weighted by Crippen LogP contribution is -2.34. The van der Waals surface area contributed by atoms with Gasteiger partial charge < -0.3 is 15.3 Å². The molecule has 1 fully saturated rings. The molecule has 2 N–H and O–H groups in total. The number of hydrogen-bond donors (Lipinski definition) is 2. The zero-order chi connectivity index (χ0) is 18.8. The molecule has 1 amide bonds. The van der Waals surface area contributed by atoms with E-state index in [1.165, 1.54) is 6.20 Å². The number of hydrogen-bond acceptors (Lipinski definition) is 6. The average Bonchev–Trinajstić information content (AvgIpc) is 3.35. The summed E-state index contributed by atoms with van der Waals surface area (Å²) in [5, 5.41) is 16.6. The van der Waals surface area contributed by atoms with Crippen LogP contribution in [0.3, 0.4) is 0 Å². The summed E-state index contributed by atoms with van der Waals surface area (Å²) < 4.78 is 1.93. The Kier molecular flexibility index (Phi) is 4.74. The molecule has 2 aromatic heterocycles. The highest BCUT2D eigenvalue weighted by atomic mass is 16.4. The van der Waals surface area contributed by atoms with Crippen LogP contribution in [0.25, 0.3) is 0 Å². The van der Waals surface area contributed by atoms with Crippen molar-refractivity contribution in [3.05, 3.63) is 35.5 Å². The van der Waals surface area contributed by atoms with Crippen molar-refractivity contribution in [2.24, 2.45) is 5.92 Å². The lowest BCUT2D eigenvalue weighted by atomic mass is 10.1. The van der Waals surface area contributed by atoms with Gasteiger partial charge in [0.2, 0.25) is 5.91 Å². The third kappa shape index (κ3) is 3.76. The maximum absolute atomic E-state index is 12.2. The van der Waals surface area contributed by atoms with Crippen LogP contribution < -0.4 is 10.2 Å². The summed E-state index contributed by atoms with van der Waals surface area (Å²) in [6, 6.07) is 1.98. The van der Waals surface area contributed by atoms with Gasteiger partial charge in [-0.15, -0.1) is 0 Å². The summed E-state index contributed by atoms with van der Waals surface area (Å²) in [7, 11) is 0. The van der Waals surface area contributed by atoms with Crippen LogP contribution in [0.4, 0.5) is 5.82 Å². The summed E-state index contributed by atoms with van der Waals surface area (Å²) in [6.07, 6.45) is 7.05. The fourth-order valence-corrected chi connectivity index (χ4v) is 3.73. The van der Waals surface area contributed by atoms with Gasteiger partial charge in [0.05, 0.1) is 43.4 Å². The number of carboxylic acids is 1. The van der Waals surface area contributed by atoms with E-state index in [9.17, 15) is 9.59 Å². The largest absolute Gasteiger partial charge is 0.476 e. The van der Waals surface area contributed by atoms with Crippen LogP contribution in [-0.4, -0.2) is 43.3 Å². The Balaban J connectivity index is 1.41. The maximum Gasteiger partial charge on any atom is 0.356 e. The zero-order valence-electron chi connectivity index (χ0n) is 15.0. The second-order valence-electron chi connectivity index (χ2n) is 7.04. The summed E-state index contributed by atoms with van der Waals surface area (Å²) in [6.45, 7) is 2.34. The number of rotatable bonds is 5. The second-order valence-corrected chi connectivity index (χ2v) is 7.04. The first-order valence-corrected chi connectivity index (χ1v) is 9.24. The molecular weight excluding hydrogens is 348 g/mol. The van der Waals surface area contributed by atoms with E-state index in [1.54, 1.807) is 6.20 Å².